The monoisotopic (exact) mass is 343 g/mol. The zero-order chi connectivity index (χ0) is 17.7. The lowest BCUT2D eigenvalue weighted by Gasteiger charge is -2.24. The molecule has 1 aliphatic rings. The van der Waals surface area contributed by atoms with Crippen LogP contribution < -0.4 is 5.73 Å². The molecule has 1 aromatic rings. The fourth-order valence-electron chi connectivity index (χ4n) is 2.82. The van der Waals surface area contributed by atoms with Gasteiger partial charge in [-0.3, -0.25) is 9.69 Å². The first-order valence-electron chi connectivity index (χ1n) is 8.24. The van der Waals surface area contributed by atoms with Crippen molar-refractivity contribution in [2.24, 2.45) is 5.73 Å². The SMILES string of the molecule is CCC(N)C(=O)N1CCCN(Cc2ccc(C(F)(F)F)cc2)CC1. The summed E-state index contributed by atoms with van der Waals surface area (Å²) in [6.45, 7) is 5.26. The first-order chi connectivity index (χ1) is 11.3. The quantitative estimate of drug-likeness (QED) is 0.914. The largest absolute Gasteiger partial charge is 0.416 e. The van der Waals surface area contributed by atoms with E-state index in [4.69, 9.17) is 5.73 Å². The van der Waals surface area contributed by atoms with Gasteiger partial charge in [0, 0.05) is 32.7 Å². The van der Waals surface area contributed by atoms with Crippen LogP contribution in [0.3, 0.4) is 0 Å². The van der Waals surface area contributed by atoms with E-state index >= 15 is 0 Å². The minimum absolute atomic E-state index is 0.0196. The summed E-state index contributed by atoms with van der Waals surface area (Å²) < 4.78 is 37.8. The van der Waals surface area contributed by atoms with Crippen LogP contribution in [-0.2, 0) is 17.5 Å². The molecule has 0 aromatic heterocycles. The van der Waals surface area contributed by atoms with Crippen LogP contribution in [0.1, 0.15) is 30.9 Å². The van der Waals surface area contributed by atoms with Gasteiger partial charge >= 0.3 is 6.18 Å². The lowest BCUT2D eigenvalue weighted by Crippen LogP contribution is -2.44. The molecule has 0 radical (unpaired) electrons. The Balaban J connectivity index is 1.91. The van der Waals surface area contributed by atoms with Gasteiger partial charge in [0.2, 0.25) is 5.91 Å². The number of rotatable bonds is 4. The van der Waals surface area contributed by atoms with Gasteiger partial charge in [0.05, 0.1) is 11.6 Å². The second kappa shape index (κ2) is 7.98. The van der Waals surface area contributed by atoms with Gasteiger partial charge in [0.15, 0.2) is 0 Å². The molecule has 24 heavy (non-hydrogen) atoms. The van der Waals surface area contributed by atoms with E-state index in [1.807, 2.05) is 6.92 Å². The molecule has 1 aliphatic heterocycles. The third kappa shape index (κ3) is 4.95. The number of hydrogen-bond donors (Lipinski definition) is 1. The van der Waals surface area contributed by atoms with E-state index in [0.29, 0.717) is 32.6 Å². The van der Waals surface area contributed by atoms with Crippen molar-refractivity contribution in [1.82, 2.24) is 9.80 Å². The molecule has 0 saturated carbocycles. The second-order valence-corrected chi connectivity index (χ2v) is 6.16. The normalized spacial score (nSPS) is 18.3. The lowest BCUT2D eigenvalue weighted by atomic mass is 10.1. The molecule has 1 unspecified atom stereocenters. The number of carbonyl (C=O) groups excluding carboxylic acids is 1. The number of hydrogen-bond acceptors (Lipinski definition) is 3. The van der Waals surface area contributed by atoms with Crippen LogP contribution in [0, 0.1) is 0 Å². The predicted molar refractivity (Wildman–Crippen MR) is 86.2 cm³/mol. The van der Waals surface area contributed by atoms with E-state index in [2.05, 4.69) is 4.90 Å². The summed E-state index contributed by atoms with van der Waals surface area (Å²) in [7, 11) is 0. The molecule has 1 saturated heterocycles. The van der Waals surface area contributed by atoms with Gasteiger partial charge in [0.1, 0.15) is 0 Å². The Morgan fingerprint density at radius 1 is 1.17 bits per heavy atom. The molecule has 4 nitrogen and oxygen atoms in total. The molecule has 1 aromatic carbocycles. The Hall–Kier alpha value is -1.60. The highest BCUT2D eigenvalue weighted by molar-refractivity contribution is 5.81. The standard InChI is InChI=1S/C17H24F3N3O/c1-2-15(21)16(24)23-9-3-8-22(10-11-23)12-13-4-6-14(7-5-13)17(18,19)20/h4-7,15H,2-3,8-12,21H2,1H3. The van der Waals surface area contributed by atoms with Crippen molar-refractivity contribution < 1.29 is 18.0 Å². The molecule has 7 heteroatoms. The van der Waals surface area contributed by atoms with Crippen molar-refractivity contribution in [1.29, 1.82) is 0 Å². The number of nitrogens with zero attached hydrogens (tertiary/aromatic N) is 2. The molecular formula is C17H24F3N3O. The first kappa shape index (κ1) is 18.7. The van der Waals surface area contributed by atoms with Crippen LogP contribution in [0.15, 0.2) is 24.3 Å². The molecule has 1 fully saturated rings. The Labute approximate surface area is 140 Å². The van der Waals surface area contributed by atoms with Crippen molar-refractivity contribution >= 4 is 5.91 Å². The maximum Gasteiger partial charge on any atom is 0.416 e. The Morgan fingerprint density at radius 3 is 2.42 bits per heavy atom. The summed E-state index contributed by atoms with van der Waals surface area (Å²) in [5.41, 5.74) is 6.02. The fourth-order valence-corrected chi connectivity index (χ4v) is 2.82. The van der Waals surface area contributed by atoms with Crippen LogP contribution in [0.5, 0.6) is 0 Å². The molecule has 1 amide bonds. The van der Waals surface area contributed by atoms with Gasteiger partial charge in [-0.1, -0.05) is 19.1 Å². The minimum Gasteiger partial charge on any atom is -0.340 e. The van der Waals surface area contributed by atoms with Crippen LogP contribution >= 0.6 is 0 Å². The zero-order valence-electron chi connectivity index (χ0n) is 13.9. The number of carbonyl (C=O) groups is 1. The number of benzene rings is 1. The summed E-state index contributed by atoms with van der Waals surface area (Å²) in [6.07, 6.45) is -2.85. The number of amides is 1. The third-order valence-corrected chi connectivity index (χ3v) is 4.34. The van der Waals surface area contributed by atoms with Crippen molar-refractivity contribution in [2.75, 3.05) is 26.2 Å². The summed E-state index contributed by atoms with van der Waals surface area (Å²) in [5, 5.41) is 0. The van der Waals surface area contributed by atoms with E-state index in [-0.39, 0.29) is 5.91 Å². The highest BCUT2D eigenvalue weighted by Gasteiger charge is 2.30. The highest BCUT2D eigenvalue weighted by Crippen LogP contribution is 2.29. The van der Waals surface area contributed by atoms with Crippen molar-refractivity contribution in [3.63, 3.8) is 0 Å². The zero-order valence-corrected chi connectivity index (χ0v) is 13.9. The first-order valence-corrected chi connectivity index (χ1v) is 8.24. The van der Waals surface area contributed by atoms with Gasteiger partial charge < -0.3 is 10.6 Å². The van der Waals surface area contributed by atoms with Gasteiger partial charge in [-0.25, -0.2) is 0 Å². The smallest absolute Gasteiger partial charge is 0.340 e. The third-order valence-electron chi connectivity index (χ3n) is 4.34. The number of nitrogens with two attached hydrogens (primary N) is 1. The summed E-state index contributed by atoms with van der Waals surface area (Å²) in [6, 6.07) is 4.81. The molecule has 2 rings (SSSR count). The summed E-state index contributed by atoms with van der Waals surface area (Å²) in [4.78, 5) is 16.1. The molecule has 134 valence electrons. The van der Waals surface area contributed by atoms with Gasteiger partial charge in [-0.15, -0.1) is 0 Å². The molecule has 0 aliphatic carbocycles. The number of alkyl halides is 3. The van der Waals surface area contributed by atoms with Gasteiger partial charge in [0.25, 0.3) is 0 Å². The highest BCUT2D eigenvalue weighted by atomic mass is 19.4. The lowest BCUT2D eigenvalue weighted by molar-refractivity contribution is -0.137. The van der Waals surface area contributed by atoms with E-state index in [9.17, 15) is 18.0 Å². The predicted octanol–water partition coefficient (Wildman–Crippen LogP) is 2.48. The molecule has 0 spiro atoms. The van der Waals surface area contributed by atoms with Crippen molar-refractivity contribution in [3.05, 3.63) is 35.4 Å². The topological polar surface area (TPSA) is 49.6 Å². The molecule has 2 N–H and O–H groups in total. The summed E-state index contributed by atoms with van der Waals surface area (Å²) in [5.74, 6) is -0.0196. The average Bonchev–Trinajstić information content (AvgIpc) is 2.78. The average molecular weight is 343 g/mol. The van der Waals surface area contributed by atoms with E-state index in [1.54, 1.807) is 4.90 Å². The second-order valence-electron chi connectivity index (χ2n) is 6.16. The molecule has 1 atom stereocenters. The van der Waals surface area contributed by atoms with Gasteiger partial charge in [-0.2, -0.15) is 13.2 Å². The minimum atomic E-state index is -4.31. The maximum absolute atomic E-state index is 12.6. The maximum atomic E-state index is 12.6. The van der Waals surface area contributed by atoms with Crippen LogP contribution in [0.2, 0.25) is 0 Å². The van der Waals surface area contributed by atoms with E-state index in [0.717, 1.165) is 30.7 Å². The molecular weight excluding hydrogens is 319 g/mol. The fraction of sp³-hybridized carbons (Fsp3) is 0.588. The van der Waals surface area contributed by atoms with Crippen molar-refractivity contribution in [2.45, 2.75) is 38.5 Å². The summed E-state index contributed by atoms with van der Waals surface area (Å²) >= 11 is 0. The van der Waals surface area contributed by atoms with E-state index in [1.165, 1.54) is 12.1 Å². The molecule has 1 heterocycles. The van der Waals surface area contributed by atoms with Gasteiger partial charge in [-0.05, 0) is 30.5 Å². The number of halogens is 3. The Morgan fingerprint density at radius 2 is 1.83 bits per heavy atom. The van der Waals surface area contributed by atoms with Crippen molar-refractivity contribution in [3.8, 4) is 0 Å². The van der Waals surface area contributed by atoms with Crippen LogP contribution in [0.4, 0.5) is 13.2 Å². The molecule has 0 bridgehead atoms. The van der Waals surface area contributed by atoms with Crippen LogP contribution in [0.25, 0.3) is 0 Å². The van der Waals surface area contributed by atoms with E-state index < -0.39 is 17.8 Å². The van der Waals surface area contributed by atoms with Crippen LogP contribution in [-0.4, -0.2) is 47.9 Å². The Kier molecular flexibility index (Phi) is 6.23. The Bertz CT molecular complexity index is 545.